The Morgan fingerprint density at radius 3 is 2.38 bits per heavy atom. The second-order valence-electron chi connectivity index (χ2n) is 5.55. The van der Waals surface area contributed by atoms with Gasteiger partial charge < -0.3 is 10.6 Å². The van der Waals surface area contributed by atoms with Crippen molar-refractivity contribution >= 4 is 23.4 Å². The Morgan fingerprint density at radius 2 is 1.75 bits per heavy atom. The van der Waals surface area contributed by atoms with Gasteiger partial charge in [0.05, 0.1) is 17.8 Å². The molecule has 0 spiro atoms. The van der Waals surface area contributed by atoms with Crippen molar-refractivity contribution in [2.75, 3.05) is 13.1 Å². The van der Waals surface area contributed by atoms with E-state index in [1.165, 1.54) is 6.92 Å². The predicted molar refractivity (Wildman–Crippen MR) is 93.4 cm³/mol. The fourth-order valence-corrected chi connectivity index (χ4v) is 2.55. The number of nitrogens with one attached hydrogen (secondary N) is 2. The molecular formula is C17H21ClN4O2. The lowest BCUT2D eigenvalue weighted by molar-refractivity contribution is -0.121. The molecule has 2 aromatic rings. The quantitative estimate of drug-likeness (QED) is 0.783. The number of aryl methyl sites for hydroxylation is 1. The van der Waals surface area contributed by atoms with Crippen molar-refractivity contribution in [2.24, 2.45) is 0 Å². The van der Waals surface area contributed by atoms with E-state index in [4.69, 9.17) is 11.6 Å². The minimum Gasteiger partial charge on any atom is -0.355 e. The number of amides is 2. The zero-order valence-corrected chi connectivity index (χ0v) is 14.8. The molecule has 1 aromatic heterocycles. The van der Waals surface area contributed by atoms with Crippen molar-refractivity contribution in [1.29, 1.82) is 0 Å². The molecule has 0 aliphatic carbocycles. The van der Waals surface area contributed by atoms with E-state index in [0.717, 1.165) is 22.6 Å². The molecule has 0 unspecified atom stereocenters. The molecule has 1 heterocycles. The molecule has 0 fully saturated rings. The van der Waals surface area contributed by atoms with E-state index in [1.54, 1.807) is 0 Å². The van der Waals surface area contributed by atoms with Gasteiger partial charge in [-0.3, -0.25) is 9.59 Å². The summed E-state index contributed by atoms with van der Waals surface area (Å²) in [5, 5.41) is 10.6. The number of nitrogens with zero attached hydrogens (tertiary/aromatic N) is 2. The molecule has 0 aliphatic heterocycles. The van der Waals surface area contributed by atoms with Crippen molar-refractivity contribution in [1.82, 2.24) is 20.4 Å². The number of carbonyl (C=O) groups is 2. The SMILES string of the molecule is CC(=O)NCCNC(=O)Cc1c(C)nn(-c2ccc(Cl)cc2)c1C. The first-order valence-corrected chi connectivity index (χ1v) is 8.08. The summed E-state index contributed by atoms with van der Waals surface area (Å²) in [6, 6.07) is 7.39. The first-order chi connectivity index (χ1) is 11.4. The Hall–Kier alpha value is -2.34. The van der Waals surface area contributed by atoms with E-state index in [-0.39, 0.29) is 18.2 Å². The van der Waals surface area contributed by atoms with Crippen LogP contribution in [0.5, 0.6) is 0 Å². The molecule has 128 valence electrons. The first kappa shape index (κ1) is 18.0. The summed E-state index contributed by atoms with van der Waals surface area (Å²) in [5.41, 5.74) is 3.55. The second-order valence-corrected chi connectivity index (χ2v) is 5.98. The van der Waals surface area contributed by atoms with E-state index >= 15 is 0 Å². The lowest BCUT2D eigenvalue weighted by Gasteiger charge is -2.07. The molecule has 24 heavy (non-hydrogen) atoms. The standard InChI is InChI=1S/C17H21ClN4O2/c1-11-16(10-17(24)20-9-8-19-13(3)23)12(2)22(21-11)15-6-4-14(18)5-7-15/h4-7H,8-10H2,1-3H3,(H,19,23)(H,20,24). The highest BCUT2D eigenvalue weighted by molar-refractivity contribution is 6.30. The molecule has 0 aliphatic rings. The van der Waals surface area contributed by atoms with E-state index in [0.29, 0.717) is 18.1 Å². The summed E-state index contributed by atoms with van der Waals surface area (Å²) in [7, 11) is 0. The van der Waals surface area contributed by atoms with E-state index in [9.17, 15) is 9.59 Å². The van der Waals surface area contributed by atoms with Crippen LogP contribution in [0.25, 0.3) is 5.69 Å². The molecule has 0 bridgehead atoms. The monoisotopic (exact) mass is 348 g/mol. The molecule has 2 amide bonds. The van der Waals surface area contributed by atoms with Gasteiger partial charge in [0.1, 0.15) is 0 Å². The fraction of sp³-hybridized carbons (Fsp3) is 0.353. The Morgan fingerprint density at radius 1 is 1.12 bits per heavy atom. The Bertz CT molecular complexity index is 738. The lowest BCUT2D eigenvalue weighted by atomic mass is 10.1. The van der Waals surface area contributed by atoms with E-state index < -0.39 is 0 Å². The molecular weight excluding hydrogens is 328 g/mol. The third-order valence-electron chi connectivity index (χ3n) is 3.67. The maximum absolute atomic E-state index is 12.1. The zero-order valence-electron chi connectivity index (χ0n) is 14.0. The van der Waals surface area contributed by atoms with Crippen LogP contribution in [0.1, 0.15) is 23.9 Å². The normalized spacial score (nSPS) is 10.5. The van der Waals surface area contributed by atoms with Crippen molar-refractivity contribution in [3.63, 3.8) is 0 Å². The number of benzene rings is 1. The Kier molecular flexibility index (Phi) is 5.98. The molecule has 1 aromatic carbocycles. The van der Waals surface area contributed by atoms with Gasteiger partial charge in [0, 0.05) is 36.3 Å². The van der Waals surface area contributed by atoms with Gasteiger partial charge >= 0.3 is 0 Å². The van der Waals surface area contributed by atoms with Crippen LogP contribution in [0, 0.1) is 13.8 Å². The number of rotatable bonds is 6. The van der Waals surface area contributed by atoms with Crippen LogP contribution < -0.4 is 10.6 Å². The van der Waals surface area contributed by atoms with Gasteiger partial charge in [-0.15, -0.1) is 0 Å². The molecule has 6 nitrogen and oxygen atoms in total. The van der Waals surface area contributed by atoms with Crippen LogP contribution in [0.4, 0.5) is 0 Å². The molecule has 0 saturated heterocycles. The van der Waals surface area contributed by atoms with Gasteiger partial charge in [-0.2, -0.15) is 5.10 Å². The highest BCUT2D eigenvalue weighted by Gasteiger charge is 2.15. The van der Waals surface area contributed by atoms with E-state index in [2.05, 4.69) is 15.7 Å². The third kappa shape index (κ3) is 4.58. The minimum absolute atomic E-state index is 0.0952. The number of aromatic nitrogens is 2. The van der Waals surface area contributed by atoms with Crippen LogP contribution in [-0.2, 0) is 16.0 Å². The Labute approximate surface area is 146 Å². The number of carbonyl (C=O) groups excluding carboxylic acids is 2. The smallest absolute Gasteiger partial charge is 0.224 e. The molecule has 7 heteroatoms. The topological polar surface area (TPSA) is 76.0 Å². The van der Waals surface area contributed by atoms with Gasteiger partial charge in [-0.05, 0) is 38.1 Å². The van der Waals surface area contributed by atoms with Gasteiger partial charge in [0.15, 0.2) is 0 Å². The van der Waals surface area contributed by atoms with Crippen molar-refractivity contribution in [3.8, 4) is 5.69 Å². The largest absolute Gasteiger partial charge is 0.355 e. The lowest BCUT2D eigenvalue weighted by Crippen LogP contribution is -2.34. The summed E-state index contributed by atoms with van der Waals surface area (Å²) >= 11 is 5.92. The van der Waals surface area contributed by atoms with Gasteiger partial charge in [0.25, 0.3) is 0 Å². The molecule has 0 atom stereocenters. The van der Waals surface area contributed by atoms with Gasteiger partial charge in [-0.25, -0.2) is 4.68 Å². The number of halogens is 1. The Balaban J connectivity index is 2.04. The van der Waals surface area contributed by atoms with Crippen LogP contribution >= 0.6 is 11.6 Å². The summed E-state index contributed by atoms with van der Waals surface area (Å²) < 4.78 is 1.81. The van der Waals surface area contributed by atoms with Crippen LogP contribution in [0.3, 0.4) is 0 Å². The maximum atomic E-state index is 12.1. The maximum Gasteiger partial charge on any atom is 0.224 e. The molecule has 0 radical (unpaired) electrons. The zero-order chi connectivity index (χ0) is 17.7. The average molecular weight is 349 g/mol. The van der Waals surface area contributed by atoms with Gasteiger partial charge in [-0.1, -0.05) is 11.6 Å². The summed E-state index contributed by atoms with van der Waals surface area (Å²) in [4.78, 5) is 22.9. The summed E-state index contributed by atoms with van der Waals surface area (Å²) in [6.45, 7) is 6.10. The highest BCUT2D eigenvalue weighted by atomic mass is 35.5. The summed E-state index contributed by atoms with van der Waals surface area (Å²) in [5.74, 6) is -0.206. The summed E-state index contributed by atoms with van der Waals surface area (Å²) in [6.07, 6.45) is 0.255. The van der Waals surface area contributed by atoms with Crippen molar-refractivity contribution in [2.45, 2.75) is 27.2 Å². The van der Waals surface area contributed by atoms with Crippen LogP contribution in [-0.4, -0.2) is 34.7 Å². The van der Waals surface area contributed by atoms with Crippen molar-refractivity contribution < 1.29 is 9.59 Å². The third-order valence-corrected chi connectivity index (χ3v) is 3.92. The molecule has 2 N–H and O–H groups in total. The highest BCUT2D eigenvalue weighted by Crippen LogP contribution is 2.20. The second kappa shape index (κ2) is 7.97. The van der Waals surface area contributed by atoms with Gasteiger partial charge in [0.2, 0.25) is 11.8 Å². The van der Waals surface area contributed by atoms with E-state index in [1.807, 2.05) is 42.8 Å². The average Bonchev–Trinajstić information content (AvgIpc) is 2.80. The van der Waals surface area contributed by atoms with Crippen molar-refractivity contribution in [3.05, 3.63) is 46.2 Å². The minimum atomic E-state index is -0.111. The first-order valence-electron chi connectivity index (χ1n) is 7.70. The van der Waals surface area contributed by atoms with Crippen LogP contribution in [0.15, 0.2) is 24.3 Å². The number of hydrogen-bond acceptors (Lipinski definition) is 3. The molecule has 2 rings (SSSR count). The van der Waals surface area contributed by atoms with Crippen LogP contribution in [0.2, 0.25) is 5.02 Å². The fourth-order valence-electron chi connectivity index (χ4n) is 2.43. The predicted octanol–water partition coefficient (Wildman–Crippen LogP) is 1.94. The molecule has 0 saturated carbocycles. The number of hydrogen-bond donors (Lipinski definition) is 2.